The van der Waals surface area contributed by atoms with Crippen molar-refractivity contribution >= 4 is 12.5 Å². The van der Waals surface area contributed by atoms with E-state index in [1.807, 2.05) is 31.2 Å². The Hall–Kier alpha value is -1.57. The largest absolute Gasteiger partial charge is 0.372 e. The molecule has 0 aliphatic carbocycles. The zero-order valence-electron chi connectivity index (χ0n) is 7.10. The third kappa shape index (κ3) is 5.23. The molecule has 0 aliphatic heterocycles. The number of rotatable bonds is 1. The van der Waals surface area contributed by atoms with Crippen LogP contribution in [-0.4, -0.2) is 6.41 Å². The Bertz CT molecular complexity index is 229. The fourth-order valence-electron chi connectivity index (χ4n) is 0.757. The number of hydrogen-bond donors (Lipinski definition) is 1. The van der Waals surface area contributed by atoms with Crippen LogP contribution in [0.5, 0.6) is 0 Å². The molecule has 1 amide bonds. The zero-order chi connectivity index (χ0) is 9.23. The maximum atomic E-state index is 8.58. The molecule has 0 saturated heterocycles. The number of carbonyl (C=O) groups excluding carboxylic acids is 1. The summed E-state index contributed by atoms with van der Waals surface area (Å²) < 4.78 is 0. The molecule has 1 aromatic rings. The first-order chi connectivity index (χ1) is 5.85. The molecule has 0 radical (unpaired) electrons. The minimum absolute atomic E-state index is 0.250. The Kier molecular flexibility index (Phi) is 6.55. The maximum absolute atomic E-state index is 8.58. The minimum Gasteiger partial charge on any atom is -0.372 e. The highest BCUT2D eigenvalue weighted by molar-refractivity contribution is 5.47. The van der Waals surface area contributed by atoms with Crippen LogP contribution in [0.4, 0.5) is 0 Å². The predicted molar refractivity (Wildman–Crippen MR) is 51.4 cm³/mol. The highest BCUT2D eigenvalue weighted by Gasteiger charge is 1.77. The topological polar surface area (TPSA) is 43.1 Å². The lowest BCUT2D eigenvalue weighted by molar-refractivity contribution is -0.106. The van der Waals surface area contributed by atoms with Crippen molar-refractivity contribution in [1.82, 2.24) is 0 Å². The van der Waals surface area contributed by atoms with Gasteiger partial charge < -0.3 is 5.73 Å². The van der Waals surface area contributed by atoms with Gasteiger partial charge in [-0.2, -0.15) is 0 Å². The normalized spacial score (nSPS) is 8.75. The molecule has 0 bridgehead atoms. The van der Waals surface area contributed by atoms with E-state index >= 15 is 0 Å². The first-order valence-electron chi connectivity index (χ1n) is 3.68. The SMILES string of the molecule is C/C=C/c1ccccc1.NC=O. The highest BCUT2D eigenvalue weighted by Crippen LogP contribution is 1.99. The van der Waals surface area contributed by atoms with Crippen molar-refractivity contribution in [3.8, 4) is 0 Å². The predicted octanol–water partition coefficient (Wildman–Crippen LogP) is 1.82. The first-order valence-corrected chi connectivity index (χ1v) is 3.68. The van der Waals surface area contributed by atoms with Crippen LogP contribution in [0, 0.1) is 0 Å². The van der Waals surface area contributed by atoms with Gasteiger partial charge in [0.1, 0.15) is 0 Å². The lowest BCUT2D eigenvalue weighted by Crippen LogP contribution is -1.82. The molecular formula is C10H13NO. The smallest absolute Gasteiger partial charge is 0.204 e. The van der Waals surface area contributed by atoms with Gasteiger partial charge in [0.25, 0.3) is 0 Å². The number of amides is 1. The maximum Gasteiger partial charge on any atom is 0.204 e. The second-order valence-electron chi connectivity index (χ2n) is 2.05. The summed E-state index contributed by atoms with van der Waals surface area (Å²) in [6.45, 7) is 2.02. The second kappa shape index (κ2) is 7.54. The molecule has 2 heteroatoms. The summed E-state index contributed by atoms with van der Waals surface area (Å²) in [5.74, 6) is 0. The van der Waals surface area contributed by atoms with Gasteiger partial charge in [-0.05, 0) is 12.5 Å². The van der Waals surface area contributed by atoms with E-state index in [-0.39, 0.29) is 6.41 Å². The fraction of sp³-hybridized carbons (Fsp3) is 0.100. The van der Waals surface area contributed by atoms with Crippen LogP contribution in [0.3, 0.4) is 0 Å². The van der Waals surface area contributed by atoms with E-state index in [4.69, 9.17) is 4.79 Å². The molecule has 2 N–H and O–H groups in total. The lowest BCUT2D eigenvalue weighted by atomic mass is 10.2. The van der Waals surface area contributed by atoms with Gasteiger partial charge in [-0.1, -0.05) is 42.5 Å². The van der Waals surface area contributed by atoms with Gasteiger partial charge in [0.05, 0.1) is 0 Å². The number of hydrogen-bond acceptors (Lipinski definition) is 1. The molecule has 0 aliphatic rings. The molecule has 0 spiro atoms. The van der Waals surface area contributed by atoms with E-state index in [0.29, 0.717) is 0 Å². The number of allylic oxidation sites excluding steroid dienone is 1. The fourth-order valence-corrected chi connectivity index (χ4v) is 0.757. The van der Waals surface area contributed by atoms with Crippen LogP contribution in [0.1, 0.15) is 12.5 Å². The van der Waals surface area contributed by atoms with E-state index in [2.05, 4.69) is 23.9 Å². The molecule has 1 aromatic carbocycles. The van der Waals surface area contributed by atoms with Crippen LogP contribution >= 0.6 is 0 Å². The van der Waals surface area contributed by atoms with E-state index in [0.717, 1.165) is 0 Å². The lowest BCUT2D eigenvalue weighted by Gasteiger charge is -1.86. The van der Waals surface area contributed by atoms with Crippen LogP contribution in [0.25, 0.3) is 6.08 Å². The molecule has 0 unspecified atom stereocenters. The van der Waals surface area contributed by atoms with Crippen molar-refractivity contribution in [2.45, 2.75) is 6.92 Å². The molecule has 0 fully saturated rings. The third-order valence-corrected chi connectivity index (χ3v) is 1.16. The van der Waals surface area contributed by atoms with Crippen molar-refractivity contribution in [2.75, 3.05) is 0 Å². The molecule has 0 atom stereocenters. The third-order valence-electron chi connectivity index (χ3n) is 1.16. The minimum atomic E-state index is 0.250. The summed E-state index contributed by atoms with van der Waals surface area (Å²) in [6.07, 6.45) is 4.37. The second-order valence-corrected chi connectivity index (χ2v) is 2.05. The van der Waals surface area contributed by atoms with Crippen LogP contribution in [-0.2, 0) is 4.79 Å². The molecule has 0 aromatic heterocycles. The van der Waals surface area contributed by atoms with E-state index in [1.165, 1.54) is 5.56 Å². The molecular weight excluding hydrogens is 150 g/mol. The van der Waals surface area contributed by atoms with Gasteiger partial charge in [-0.3, -0.25) is 4.79 Å². The first kappa shape index (κ1) is 10.4. The van der Waals surface area contributed by atoms with Crippen LogP contribution < -0.4 is 5.73 Å². The molecule has 1 rings (SSSR count). The number of primary amides is 1. The van der Waals surface area contributed by atoms with Crippen LogP contribution in [0.2, 0.25) is 0 Å². The van der Waals surface area contributed by atoms with Crippen molar-refractivity contribution < 1.29 is 4.79 Å². The molecule has 2 nitrogen and oxygen atoms in total. The average molecular weight is 163 g/mol. The van der Waals surface area contributed by atoms with Crippen molar-refractivity contribution in [3.63, 3.8) is 0 Å². The van der Waals surface area contributed by atoms with Crippen molar-refractivity contribution in [3.05, 3.63) is 42.0 Å². The number of benzene rings is 1. The Morgan fingerprint density at radius 2 is 1.75 bits per heavy atom. The molecule has 12 heavy (non-hydrogen) atoms. The summed E-state index contributed by atoms with van der Waals surface area (Å²) in [7, 11) is 0. The number of carbonyl (C=O) groups is 1. The van der Waals surface area contributed by atoms with Gasteiger partial charge in [-0.25, -0.2) is 0 Å². The number of nitrogens with two attached hydrogens (primary N) is 1. The summed E-state index contributed by atoms with van der Waals surface area (Å²) in [4.78, 5) is 8.58. The van der Waals surface area contributed by atoms with Gasteiger partial charge in [0.2, 0.25) is 6.41 Å². The summed E-state index contributed by atoms with van der Waals surface area (Å²) in [5.41, 5.74) is 5.43. The monoisotopic (exact) mass is 163 g/mol. The Morgan fingerprint density at radius 3 is 2.17 bits per heavy atom. The summed E-state index contributed by atoms with van der Waals surface area (Å²) in [6, 6.07) is 10.3. The quantitative estimate of drug-likeness (QED) is 0.630. The van der Waals surface area contributed by atoms with Crippen LogP contribution in [0.15, 0.2) is 36.4 Å². The highest BCUT2D eigenvalue weighted by atomic mass is 16.1. The van der Waals surface area contributed by atoms with Gasteiger partial charge in [-0.15, -0.1) is 0 Å². The molecule has 64 valence electrons. The van der Waals surface area contributed by atoms with Crippen molar-refractivity contribution in [1.29, 1.82) is 0 Å². The van der Waals surface area contributed by atoms with Gasteiger partial charge in [0, 0.05) is 0 Å². The molecule has 0 saturated carbocycles. The Labute approximate surface area is 72.7 Å². The van der Waals surface area contributed by atoms with Gasteiger partial charge >= 0.3 is 0 Å². The van der Waals surface area contributed by atoms with Crippen molar-refractivity contribution in [2.24, 2.45) is 5.73 Å². The average Bonchev–Trinajstić information content (AvgIpc) is 2.08. The Balaban J connectivity index is 0.000000354. The summed E-state index contributed by atoms with van der Waals surface area (Å²) >= 11 is 0. The molecule has 0 heterocycles. The summed E-state index contributed by atoms with van der Waals surface area (Å²) in [5, 5.41) is 0. The van der Waals surface area contributed by atoms with E-state index in [9.17, 15) is 0 Å². The zero-order valence-corrected chi connectivity index (χ0v) is 7.10. The van der Waals surface area contributed by atoms with Gasteiger partial charge in [0.15, 0.2) is 0 Å². The Morgan fingerprint density at radius 1 is 1.25 bits per heavy atom. The standard InChI is InChI=1S/C9H10.CH3NO/c1-2-6-9-7-4-3-5-8-9;2-1-3/h2-8H,1H3;1H,(H2,2,3)/b6-2+;. The van der Waals surface area contributed by atoms with E-state index < -0.39 is 0 Å². The van der Waals surface area contributed by atoms with E-state index in [1.54, 1.807) is 0 Å².